The van der Waals surface area contributed by atoms with E-state index in [-0.39, 0.29) is 0 Å². The van der Waals surface area contributed by atoms with Crippen LogP contribution in [0, 0.1) is 0 Å². The van der Waals surface area contributed by atoms with E-state index in [0.29, 0.717) is 0 Å². The predicted molar refractivity (Wildman–Crippen MR) is 94.3 cm³/mol. The molecule has 4 heteroatoms. The zero-order valence-electron chi connectivity index (χ0n) is 10.4. The lowest BCUT2D eigenvalue weighted by Crippen LogP contribution is -1.69. The fraction of sp³-hybridized carbons (Fsp3) is 0. The smallest absolute Gasteiger partial charge is 0.0536 e. The second-order valence-electron chi connectivity index (χ2n) is 4.29. The molecule has 4 rings (SSSR count). The molecule has 0 aromatic carbocycles. The van der Waals surface area contributed by atoms with Gasteiger partial charge in [-0.3, -0.25) is 0 Å². The van der Waals surface area contributed by atoms with E-state index < -0.39 is 0 Å². The van der Waals surface area contributed by atoms with Crippen molar-refractivity contribution in [3.8, 4) is 29.9 Å². The Bertz CT molecular complexity index is 735. The number of hydrogen-bond acceptors (Lipinski definition) is 4. The van der Waals surface area contributed by atoms with Crippen molar-refractivity contribution in [3.63, 3.8) is 0 Å². The summed E-state index contributed by atoms with van der Waals surface area (Å²) in [5.74, 6) is 0. The molecule has 4 heterocycles. The van der Waals surface area contributed by atoms with Crippen LogP contribution >= 0.6 is 45.3 Å². The van der Waals surface area contributed by atoms with Gasteiger partial charge in [0.15, 0.2) is 0 Å². The number of rotatable bonds is 3. The molecule has 0 aliphatic carbocycles. The first kappa shape index (κ1) is 12.5. The molecule has 0 fully saturated rings. The van der Waals surface area contributed by atoms with Gasteiger partial charge >= 0.3 is 0 Å². The van der Waals surface area contributed by atoms with Crippen molar-refractivity contribution < 1.29 is 0 Å². The van der Waals surface area contributed by atoms with Crippen LogP contribution in [0.1, 0.15) is 0 Å². The highest BCUT2D eigenvalue weighted by Gasteiger charge is 2.15. The van der Waals surface area contributed by atoms with E-state index in [4.69, 9.17) is 0 Å². The number of hydrogen-bond donors (Lipinski definition) is 0. The fourth-order valence-corrected chi connectivity index (χ4v) is 5.82. The number of thiophene rings is 4. The Labute approximate surface area is 133 Å². The molecule has 0 aliphatic heterocycles. The maximum absolute atomic E-state index is 2.34. The molecule has 0 amide bonds. The van der Waals surface area contributed by atoms with Gasteiger partial charge in [-0.25, -0.2) is 0 Å². The van der Waals surface area contributed by atoms with Crippen LogP contribution in [0.25, 0.3) is 29.9 Å². The average Bonchev–Trinajstić information content (AvgIpc) is 3.22. The molecule has 98 valence electrons. The molecule has 0 saturated heterocycles. The second kappa shape index (κ2) is 5.30. The molecule has 0 radical (unpaired) electrons. The Morgan fingerprint density at radius 2 is 1.20 bits per heavy atom. The first-order valence-corrected chi connectivity index (χ1v) is 9.63. The summed E-state index contributed by atoms with van der Waals surface area (Å²) in [6.45, 7) is 0. The molecule has 4 aromatic heterocycles. The van der Waals surface area contributed by atoms with Gasteiger partial charge in [-0.15, -0.1) is 45.3 Å². The molecule has 0 aliphatic rings. The summed E-state index contributed by atoms with van der Waals surface area (Å²) in [5, 5.41) is 6.44. The van der Waals surface area contributed by atoms with Gasteiger partial charge in [-0.1, -0.05) is 18.2 Å². The fourth-order valence-electron chi connectivity index (χ4n) is 2.14. The van der Waals surface area contributed by atoms with Gasteiger partial charge in [0.2, 0.25) is 0 Å². The van der Waals surface area contributed by atoms with Crippen molar-refractivity contribution >= 4 is 45.3 Å². The minimum Gasteiger partial charge on any atom is -0.144 e. The topological polar surface area (TPSA) is 0 Å². The van der Waals surface area contributed by atoms with Gasteiger partial charge in [-0.05, 0) is 40.4 Å². The van der Waals surface area contributed by atoms with Crippen LogP contribution in [-0.4, -0.2) is 0 Å². The van der Waals surface area contributed by atoms with Crippen molar-refractivity contribution in [2.24, 2.45) is 0 Å². The first-order valence-electron chi connectivity index (χ1n) is 6.17. The van der Waals surface area contributed by atoms with Crippen LogP contribution in [0.15, 0.2) is 58.6 Å². The van der Waals surface area contributed by atoms with Crippen LogP contribution in [0.2, 0.25) is 0 Å². The van der Waals surface area contributed by atoms with Gasteiger partial charge < -0.3 is 0 Å². The quantitative estimate of drug-likeness (QED) is 0.382. The van der Waals surface area contributed by atoms with E-state index in [2.05, 4.69) is 58.6 Å². The van der Waals surface area contributed by atoms with Crippen LogP contribution in [-0.2, 0) is 0 Å². The third-order valence-electron chi connectivity index (χ3n) is 3.03. The summed E-state index contributed by atoms with van der Waals surface area (Å²) in [6, 6.07) is 15.3. The summed E-state index contributed by atoms with van der Waals surface area (Å²) in [6.07, 6.45) is 0. The largest absolute Gasteiger partial charge is 0.144 e. The van der Waals surface area contributed by atoms with Crippen molar-refractivity contribution in [3.05, 3.63) is 58.6 Å². The van der Waals surface area contributed by atoms with Crippen molar-refractivity contribution in [1.82, 2.24) is 0 Å². The molecule has 0 N–H and O–H groups in total. The van der Waals surface area contributed by atoms with Crippen molar-refractivity contribution in [2.75, 3.05) is 0 Å². The first-order chi connectivity index (χ1) is 9.92. The average molecular weight is 331 g/mol. The van der Waals surface area contributed by atoms with Gasteiger partial charge in [0.25, 0.3) is 0 Å². The lowest BCUT2D eigenvalue weighted by Gasteiger charge is -1.97. The third-order valence-corrected chi connectivity index (χ3v) is 7.18. The van der Waals surface area contributed by atoms with E-state index in [1.165, 1.54) is 29.9 Å². The molecule has 20 heavy (non-hydrogen) atoms. The second-order valence-corrected chi connectivity index (χ2v) is 8.18. The van der Waals surface area contributed by atoms with Crippen LogP contribution in [0.4, 0.5) is 0 Å². The molecule has 0 saturated carbocycles. The van der Waals surface area contributed by atoms with Gasteiger partial charge in [0, 0.05) is 25.1 Å². The molecule has 0 nitrogen and oxygen atoms in total. The maximum atomic E-state index is 2.34. The molecule has 0 bridgehead atoms. The SMILES string of the molecule is c1csc(-c2cc(-c3cccs3)c(-c3cccs3)s2)c1. The lowest BCUT2D eigenvalue weighted by molar-refractivity contribution is 1.85. The lowest BCUT2D eigenvalue weighted by atomic mass is 10.2. The zero-order chi connectivity index (χ0) is 13.4. The van der Waals surface area contributed by atoms with Crippen LogP contribution < -0.4 is 0 Å². The summed E-state index contributed by atoms with van der Waals surface area (Å²) in [5.41, 5.74) is 1.37. The van der Waals surface area contributed by atoms with Crippen LogP contribution in [0.3, 0.4) is 0 Å². The minimum absolute atomic E-state index is 1.35. The highest BCUT2D eigenvalue weighted by atomic mass is 32.1. The van der Waals surface area contributed by atoms with E-state index in [0.717, 1.165) is 0 Å². The van der Waals surface area contributed by atoms with Crippen molar-refractivity contribution in [2.45, 2.75) is 0 Å². The van der Waals surface area contributed by atoms with E-state index in [9.17, 15) is 0 Å². The summed E-state index contributed by atoms with van der Waals surface area (Å²) in [7, 11) is 0. The standard InChI is InChI=1S/C16H10S4/c1-4-12(17-7-1)11-10-15(13-5-2-8-18-13)20-16(11)14-6-3-9-19-14/h1-10H. The molecular weight excluding hydrogens is 320 g/mol. The summed E-state index contributed by atoms with van der Waals surface area (Å²) >= 11 is 7.34. The van der Waals surface area contributed by atoms with Crippen LogP contribution in [0.5, 0.6) is 0 Å². The van der Waals surface area contributed by atoms with Crippen molar-refractivity contribution in [1.29, 1.82) is 0 Å². The molecule has 0 spiro atoms. The normalized spacial score (nSPS) is 11.0. The van der Waals surface area contributed by atoms with Gasteiger partial charge in [0.1, 0.15) is 0 Å². The molecule has 0 atom stereocenters. The molecule has 0 unspecified atom stereocenters. The van der Waals surface area contributed by atoms with E-state index in [1.54, 1.807) is 0 Å². The Morgan fingerprint density at radius 1 is 0.600 bits per heavy atom. The minimum atomic E-state index is 1.35. The Kier molecular flexibility index (Phi) is 3.32. The van der Waals surface area contributed by atoms with E-state index in [1.807, 2.05) is 45.3 Å². The molecular formula is C16H10S4. The summed E-state index contributed by atoms with van der Waals surface area (Å²) < 4.78 is 0. The van der Waals surface area contributed by atoms with E-state index >= 15 is 0 Å². The summed E-state index contributed by atoms with van der Waals surface area (Å²) in [4.78, 5) is 6.84. The van der Waals surface area contributed by atoms with Gasteiger partial charge in [0.05, 0.1) is 4.88 Å². The highest BCUT2D eigenvalue weighted by molar-refractivity contribution is 7.26. The maximum Gasteiger partial charge on any atom is 0.0536 e. The Morgan fingerprint density at radius 3 is 1.80 bits per heavy atom. The van der Waals surface area contributed by atoms with Gasteiger partial charge in [-0.2, -0.15) is 0 Å². The Hall–Kier alpha value is -1.20. The third kappa shape index (κ3) is 2.19. The molecule has 4 aromatic rings. The monoisotopic (exact) mass is 330 g/mol. The highest BCUT2D eigenvalue weighted by Crippen LogP contribution is 2.46. The predicted octanol–water partition coefficient (Wildman–Crippen LogP) is 6.93. The zero-order valence-corrected chi connectivity index (χ0v) is 13.7. The Balaban J connectivity index is 1.92.